The van der Waals surface area contributed by atoms with Crippen molar-refractivity contribution in [1.82, 2.24) is 0 Å². The molecule has 0 spiro atoms. The van der Waals surface area contributed by atoms with Crippen molar-refractivity contribution in [3.8, 4) is 0 Å². The molecule has 3 aliphatic rings. The summed E-state index contributed by atoms with van der Waals surface area (Å²) in [6.07, 6.45) is 2.11. The summed E-state index contributed by atoms with van der Waals surface area (Å²) in [7, 11) is 0. The highest BCUT2D eigenvalue weighted by Gasteiger charge is 2.49. The second-order valence-corrected chi connectivity index (χ2v) is 7.17. The molecule has 3 saturated heterocycles. The molecule has 1 aromatic heterocycles. The Kier molecular flexibility index (Phi) is 4.13. The quantitative estimate of drug-likeness (QED) is 0.476. The van der Waals surface area contributed by atoms with Gasteiger partial charge in [-0.15, -0.1) is 11.3 Å². The molecule has 21 heavy (non-hydrogen) atoms. The van der Waals surface area contributed by atoms with Gasteiger partial charge in [0.1, 0.15) is 0 Å². The third-order valence-corrected chi connectivity index (χ3v) is 5.86. The van der Waals surface area contributed by atoms with Gasteiger partial charge in [0.15, 0.2) is 12.3 Å². The lowest BCUT2D eigenvalue weighted by molar-refractivity contribution is -0.938. The number of Topliss-reactive ketones (excluding diaryl/α,β-unsaturated/α-hetero) is 1. The fourth-order valence-corrected chi connectivity index (χ4v) is 4.62. The van der Waals surface area contributed by atoms with E-state index in [-0.39, 0.29) is 17.7 Å². The van der Waals surface area contributed by atoms with E-state index in [0.717, 1.165) is 41.8 Å². The predicted molar refractivity (Wildman–Crippen MR) is 81.2 cm³/mol. The third-order valence-electron chi connectivity index (χ3n) is 4.97. The second-order valence-electron chi connectivity index (χ2n) is 6.22. The Morgan fingerprint density at radius 1 is 1.38 bits per heavy atom. The average molecular weight is 308 g/mol. The summed E-state index contributed by atoms with van der Waals surface area (Å²) in [6.45, 7) is 5.52. The smallest absolute Gasteiger partial charge is 0.361 e. The zero-order valence-corrected chi connectivity index (χ0v) is 13.2. The van der Waals surface area contributed by atoms with E-state index in [0.29, 0.717) is 19.1 Å². The van der Waals surface area contributed by atoms with Crippen LogP contribution in [0.15, 0.2) is 17.5 Å². The lowest BCUT2D eigenvalue weighted by atomic mass is 9.75. The summed E-state index contributed by atoms with van der Waals surface area (Å²) in [6, 6.07) is 3.85. The number of nitrogens with zero attached hydrogens (tertiary/aromatic N) is 1. The number of rotatable bonds is 5. The van der Waals surface area contributed by atoms with Crippen LogP contribution in [-0.4, -0.2) is 49.0 Å². The molecule has 0 radical (unpaired) electrons. The highest BCUT2D eigenvalue weighted by molar-refractivity contribution is 7.12. The number of hydrogen-bond donors (Lipinski definition) is 0. The van der Waals surface area contributed by atoms with E-state index in [1.165, 1.54) is 11.3 Å². The average Bonchev–Trinajstić information content (AvgIpc) is 3.01. The van der Waals surface area contributed by atoms with E-state index >= 15 is 0 Å². The standard InChI is InChI=1S/C16H22NO3S/c1-2-20-15(18)11-17-7-5-12(6-8-17)13(10-17)16(19)14-4-3-9-21-14/h3-4,9,12-13H,2,5-8,10-11H2,1H3/q+1. The molecular weight excluding hydrogens is 286 g/mol. The van der Waals surface area contributed by atoms with Gasteiger partial charge in [-0.05, 0) is 24.3 Å². The number of fused-ring (bicyclic) bond motifs is 3. The molecule has 1 atom stereocenters. The van der Waals surface area contributed by atoms with Gasteiger partial charge in [0.2, 0.25) is 0 Å². The molecule has 0 saturated carbocycles. The molecule has 0 N–H and O–H groups in total. The van der Waals surface area contributed by atoms with E-state index in [1.807, 2.05) is 24.4 Å². The number of thiophene rings is 1. The van der Waals surface area contributed by atoms with E-state index < -0.39 is 0 Å². The van der Waals surface area contributed by atoms with Crippen molar-refractivity contribution in [3.63, 3.8) is 0 Å². The molecule has 0 aliphatic carbocycles. The van der Waals surface area contributed by atoms with Crippen molar-refractivity contribution >= 4 is 23.1 Å². The van der Waals surface area contributed by atoms with Gasteiger partial charge in [-0.3, -0.25) is 4.79 Å². The number of hydrogen-bond acceptors (Lipinski definition) is 4. The van der Waals surface area contributed by atoms with Crippen molar-refractivity contribution in [2.45, 2.75) is 19.8 Å². The molecule has 3 aliphatic heterocycles. The molecule has 114 valence electrons. The van der Waals surface area contributed by atoms with E-state index in [4.69, 9.17) is 4.74 Å². The number of piperidine rings is 3. The van der Waals surface area contributed by atoms with E-state index in [1.54, 1.807) is 0 Å². The highest BCUT2D eigenvalue weighted by Crippen LogP contribution is 2.39. The highest BCUT2D eigenvalue weighted by atomic mass is 32.1. The van der Waals surface area contributed by atoms with Crippen molar-refractivity contribution in [2.75, 3.05) is 32.8 Å². The molecule has 0 aromatic carbocycles. The minimum atomic E-state index is -0.125. The third kappa shape index (κ3) is 2.90. The minimum absolute atomic E-state index is 0.0839. The Balaban J connectivity index is 1.74. The maximum Gasteiger partial charge on any atom is 0.361 e. The van der Waals surface area contributed by atoms with Crippen LogP contribution < -0.4 is 0 Å². The molecule has 4 heterocycles. The van der Waals surface area contributed by atoms with Gasteiger partial charge in [-0.2, -0.15) is 0 Å². The molecule has 1 unspecified atom stereocenters. The molecular formula is C16H22NO3S+. The molecule has 4 rings (SSSR count). The van der Waals surface area contributed by atoms with Crippen LogP contribution in [-0.2, 0) is 9.53 Å². The number of carbonyl (C=O) groups is 2. The van der Waals surface area contributed by atoms with Gasteiger partial charge in [0, 0.05) is 12.8 Å². The summed E-state index contributed by atoms with van der Waals surface area (Å²) in [4.78, 5) is 25.4. The lowest BCUT2D eigenvalue weighted by Crippen LogP contribution is -2.64. The zero-order valence-electron chi connectivity index (χ0n) is 12.4. The van der Waals surface area contributed by atoms with Crippen LogP contribution >= 0.6 is 11.3 Å². The van der Waals surface area contributed by atoms with Gasteiger partial charge in [-0.1, -0.05) is 6.07 Å². The molecule has 2 bridgehead atoms. The molecule has 1 aromatic rings. The fraction of sp³-hybridized carbons (Fsp3) is 0.625. The Morgan fingerprint density at radius 2 is 2.14 bits per heavy atom. The Labute approximate surface area is 129 Å². The van der Waals surface area contributed by atoms with Crippen LogP contribution in [0.5, 0.6) is 0 Å². The number of quaternary nitrogens is 1. The van der Waals surface area contributed by atoms with Crippen molar-refractivity contribution in [2.24, 2.45) is 11.8 Å². The first-order valence-electron chi connectivity index (χ1n) is 7.72. The lowest BCUT2D eigenvalue weighted by Gasteiger charge is -2.51. The summed E-state index contributed by atoms with van der Waals surface area (Å²) < 4.78 is 5.87. The predicted octanol–water partition coefficient (Wildman–Crippen LogP) is 2.35. The van der Waals surface area contributed by atoms with Gasteiger partial charge in [-0.25, -0.2) is 4.79 Å². The summed E-state index contributed by atoms with van der Waals surface area (Å²) in [5.74, 6) is 0.739. The van der Waals surface area contributed by atoms with Crippen LogP contribution in [0.4, 0.5) is 0 Å². The zero-order chi connectivity index (χ0) is 14.9. The summed E-state index contributed by atoms with van der Waals surface area (Å²) in [5.41, 5.74) is 0. The topological polar surface area (TPSA) is 43.4 Å². The molecule has 5 heteroatoms. The first-order chi connectivity index (χ1) is 10.1. The first-order valence-corrected chi connectivity index (χ1v) is 8.60. The largest absolute Gasteiger partial charge is 0.462 e. The van der Waals surface area contributed by atoms with Gasteiger partial charge in [0.25, 0.3) is 0 Å². The van der Waals surface area contributed by atoms with Gasteiger partial charge in [0.05, 0.1) is 37.0 Å². The van der Waals surface area contributed by atoms with Crippen LogP contribution in [0, 0.1) is 11.8 Å². The van der Waals surface area contributed by atoms with Crippen molar-refractivity contribution in [1.29, 1.82) is 0 Å². The summed E-state index contributed by atoms with van der Waals surface area (Å²) >= 11 is 1.52. The first kappa shape index (κ1) is 14.7. The Morgan fingerprint density at radius 3 is 2.76 bits per heavy atom. The van der Waals surface area contributed by atoms with E-state index in [2.05, 4.69) is 0 Å². The number of esters is 1. The minimum Gasteiger partial charge on any atom is -0.462 e. The fourth-order valence-electron chi connectivity index (χ4n) is 3.89. The Hall–Kier alpha value is -1.20. The summed E-state index contributed by atoms with van der Waals surface area (Å²) in [5, 5.41) is 1.96. The normalized spacial score (nSPS) is 31.1. The maximum absolute atomic E-state index is 12.7. The van der Waals surface area contributed by atoms with Crippen LogP contribution in [0.25, 0.3) is 0 Å². The van der Waals surface area contributed by atoms with Crippen molar-refractivity contribution in [3.05, 3.63) is 22.4 Å². The number of carbonyl (C=O) groups excluding carboxylic acids is 2. The van der Waals surface area contributed by atoms with E-state index in [9.17, 15) is 9.59 Å². The van der Waals surface area contributed by atoms with Crippen molar-refractivity contribution < 1.29 is 18.8 Å². The number of ketones is 1. The number of ether oxygens (including phenoxy) is 1. The van der Waals surface area contributed by atoms with Gasteiger partial charge < -0.3 is 9.22 Å². The van der Waals surface area contributed by atoms with Crippen LogP contribution in [0.1, 0.15) is 29.4 Å². The molecule has 3 fully saturated rings. The van der Waals surface area contributed by atoms with Gasteiger partial charge >= 0.3 is 5.97 Å². The SMILES string of the molecule is CCOC(=O)C[N+]12CCC(CC1)C(C(=O)c1cccs1)C2. The second kappa shape index (κ2) is 5.89. The van der Waals surface area contributed by atoms with Crippen LogP contribution in [0.2, 0.25) is 0 Å². The maximum atomic E-state index is 12.7. The van der Waals surface area contributed by atoms with Crippen LogP contribution in [0.3, 0.4) is 0 Å². The monoisotopic (exact) mass is 308 g/mol. The molecule has 4 nitrogen and oxygen atoms in total. The molecule has 0 amide bonds. The Bertz CT molecular complexity index is 518.